The van der Waals surface area contributed by atoms with Gasteiger partial charge in [-0.15, -0.1) is 0 Å². The highest BCUT2D eigenvalue weighted by Crippen LogP contribution is 2.35. The van der Waals surface area contributed by atoms with Crippen LogP contribution in [-0.4, -0.2) is 21.8 Å². The number of carbonyl (C=O) groups excluding carboxylic acids is 2. The van der Waals surface area contributed by atoms with Gasteiger partial charge in [0.2, 0.25) is 0 Å². The van der Waals surface area contributed by atoms with Crippen molar-refractivity contribution >= 4 is 17.5 Å². The summed E-state index contributed by atoms with van der Waals surface area (Å²) in [6.07, 6.45) is 4.76. The molecule has 3 aromatic rings. The molecule has 6 nitrogen and oxygen atoms in total. The minimum Gasteiger partial charge on any atom is -0.348 e. The summed E-state index contributed by atoms with van der Waals surface area (Å²) >= 11 is 0. The van der Waals surface area contributed by atoms with Gasteiger partial charge in [-0.25, -0.2) is 9.97 Å². The Hall–Kier alpha value is -3.54. The number of hydrogen-bond donors (Lipinski definition) is 2. The first-order valence-corrected chi connectivity index (χ1v) is 8.70. The van der Waals surface area contributed by atoms with Gasteiger partial charge in [0.05, 0.1) is 0 Å². The third kappa shape index (κ3) is 3.29. The van der Waals surface area contributed by atoms with E-state index in [-0.39, 0.29) is 17.7 Å². The predicted octanol–water partition coefficient (Wildman–Crippen LogP) is 3.12. The highest BCUT2D eigenvalue weighted by Gasteiger charge is 2.25. The van der Waals surface area contributed by atoms with Gasteiger partial charge in [0, 0.05) is 47.2 Å². The van der Waals surface area contributed by atoms with Crippen molar-refractivity contribution in [3.05, 3.63) is 89.0 Å². The summed E-state index contributed by atoms with van der Waals surface area (Å²) in [6.45, 7) is 2.40. The van der Waals surface area contributed by atoms with Crippen LogP contribution in [0.25, 0.3) is 0 Å². The molecular formula is C21H18N4O2. The van der Waals surface area contributed by atoms with E-state index in [4.69, 9.17) is 0 Å². The molecule has 0 spiro atoms. The Balaban J connectivity index is 1.60. The number of rotatable bonds is 3. The highest BCUT2D eigenvalue weighted by molar-refractivity contribution is 6.08. The number of hydrogen-bond acceptors (Lipinski definition) is 4. The van der Waals surface area contributed by atoms with E-state index in [1.165, 1.54) is 6.33 Å². The molecule has 0 radical (unpaired) electrons. The number of aromatic nitrogens is 2. The SMILES string of the molecule is CC1c2ccc(C(=O)NCc3cncnc3)cc2NC(=O)c2ccccc21. The van der Waals surface area contributed by atoms with E-state index in [1.54, 1.807) is 24.5 Å². The Morgan fingerprint density at radius 3 is 2.70 bits per heavy atom. The Labute approximate surface area is 156 Å². The van der Waals surface area contributed by atoms with Gasteiger partial charge in [-0.1, -0.05) is 31.2 Å². The molecule has 0 fully saturated rings. The number of amides is 2. The summed E-state index contributed by atoms with van der Waals surface area (Å²) in [7, 11) is 0. The first-order chi connectivity index (χ1) is 13.1. The van der Waals surface area contributed by atoms with Crippen LogP contribution in [0.15, 0.2) is 61.2 Å². The number of nitrogens with one attached hydrogen (secondary N) is 2. The first-order valence-electron chi connectivity index (χ1n) is 8.70. The van der Waals surface area contributed by atoms with Crippen molar-refractivity contribution < 1.29 is 9.59 Å². The number of benzene rings is 2. The van der Waals surface area contributed by atoms with Crippen LogP contribution in [0.4, 0.5) is 5.69 Å². The molecule has 0 saturated heterocycles. The lowest BCUT2D eigenvalue weighted by Gasteiger charge is -2.15. The molecule has 1 unspecified atom stereocenters. The maximum Gasteiger partial charge on any atom is 0.255 e. The summed E-state index contributed by atoms with van der Waals surface area (Å²) in [4.78, 5) is 32.9. The van der Waals surface area contributed by atoms with Crippen molar-refractivity contribution in [3.8, 4) is 0 Å². The van der Waals surface area contributed by atoms with E-state index in [2.05, 4.69) is 27.5 Å². The standard InChI is InChI=1S/C21H18N4O2/c1-13-16-4-2-3-5-18(16)21(27)25-19-8-15(6-7-17(13)19)20(26)24-11-14-9-22-12-23-10-14/h2-10,12-13H,11H2,1H3,(H,24,26)(H,25,27). The molecule has 0 aliphatic carbocycles. The average molecular weight is 358 g/mol. The van der Waals surface area contributed by atoms with Crippen molar-refractivity contribution in [3.63, 3.8) is 0 Å². The second-order valence-electron chi connectivity index (χ2n) is 6.49. The molecule has 1 aliphatic rings. The smallest absolute Gasteiger partial charge is 0.255 e. The Bertz CT molecular complexity index is 1020. The second kappa shape index (κ2) is 6.99. The lowest BCUT2D eigenvalue weighted by Crippen LogP contribution is -2.23. The van der Waals surface area contributed by atoms with Crippen molar-refractivity contribution in [2.45, 2.75) is 19.4 Å². The van der Waals surface area contributed by atoms with Crippen LogP contribution in [0, 0.1) is 0 Å². The lowest BCUT2D eigenvalue weighted by molar-refractivity contribution is 0.0949. The zero-order valence-electron chi connectivity index (χ0n) is 14.8. The van der Waals surface area contributed by atoms with Crippen LogP contribution in [0.3, 0.4) is 0 Å². The highest BCUT2D eigenvalue weighted by atomic mass is 16.2. The van der Waals surface area contributed by atoms with E-state index in [1.807, 2.05) is 30.3 Å². The maximum atomic E-state index is 12.6. The molecule has 1 atom stereocenters. The van der Waals surface area contributed by atoms with E-state index in [0.29, 0.717) is 23.4 Å². The number of nitrogens with zero attached hydrogens (tertiary/aromatic N) is 2. The summed E-state index contributed by atoms with van der Waals surface area (Å²) < 4.78 is 0. The van der Waals surface area contributed by atoms with E-state index < -0.39 is 0 Å². The first kappa shape index (κ1) is 16.9. The zero-order chi connectivity index (χ0) is 18.8. The maximum absolute atomic E-state index is 12.6. The predicted molar refractivity (Wildman–Crippen MR) is 102 cm³/mol. The topological polar surface area (TPSA) is 84.0 Å². The number of fused-ring (bicyclic) bond motifs is 2. The van der Waals surface area contributed by atoms with Crippen LogP contribution in [0.1, 0.15) is 50.2 Å². The molecule has 2 amide bonds. The monoisotopic (exact) mass is 358 g/mol. The molecule has 1 aromatic heterocycles. The third-order valence-electron chi connectivity index (χ3n) is 4.77. The van der Waals surface area contributed by atoms with Gasteiger partial charge in [0.15, 0.2) is 0 Å². The van der Waals surface area contributed by atoms with Crippen LogP contribution >= 0.6 is 0 Å². The fourth-order valence-electron chi connectivity index (χ4n) is 3.33. The number of carbonyl (C=O) groups is 2. The summed E-state index contributed by atoms with van der Waals surface area (Å²) in [5.41, 5.74) is 4.61. The van der Waals surface area contributed by atoms with Crippen LogP contribution in [0.5, 0.6) is 0 Å². The molecule has 1 aliphatic heterocycles. The van der Waals surface area contributed by atoms with Crippen LogP contribution < -0.4 is 10.6 Å². The third-order valence-corrected chi connectivity index (χ3v) is 4.77. The molecular weight excluding hydrogens is 340 g/mol. The summed E-state index contributed by atoms with van der Waals surface area (Å²) in [5, 5.41) is 5.78. The van der Waals surface area contributed by atoms with Crippen molar-refractivity contribution in [2.75, 3.05) is 5.32 Å². The van der Waals surface area contributed by atoms with Gasteiger partial charge in [0.1, 0.15) is 6.33 Å². The van der Waals surface area contributed by atoms with Gasteiger partial charge < -0.3 is 10.6 Å². The summed E-state index contributed by atoms with van der Waals surface area (Å²) in [5.74, 6) is -0.325. The molecule has 2 heterocycles. The van der Waals surface area contributed by atoms with Gasteiger partial charge in [-0.3, -0.25) is 9.59 Å². The lowest BCUT2D eigenvalue weighted by atomic mass is 9.89. The van der Waals surface area contributed by atoms with E-state index >= 15 is 0 Å². The van der Waals surface area contributed by atoms with E-state index in [0.717, 1.165) is 16.7 Å². The van der Waals surface area contributed by atoms with Crippen molar-refractivity contribution in [1.29, 1.82) is 0 Å². The van der Waals surface area contributed by atoms with Gasteiger partial charge >= 0.3 is 0 Å². The molecule has 0 bridgehead atoms. The zero-order valence-corrected chi connectivity index (χ0v) is 14.8. The molecule has 2 aromatic carbocycles. The van der Waals surface area contributed by atoms with E-state index in [9.17, 15) is 9.59 Å². The van der Waals surface area contributed by atoms with Crippen LogP contribution in [-0.2, 0) is 6.54 Å². The minimum absolute atomic E-state index is 0.0497. The molecule has 4 rings (SSSR count). The molecule has 6 heteroatoms. The minimum atomic E-state index is -0.217. The molecule has 2 N–H and O–H groups in total. The largest absolute Gasteiger partial charge is 0.348 e. The average Bonchev–Trinajstić information content (AvgIpc) is 2.82. The molecule has 134 valence electrons. The Morgan fingerprint density at radius 1 is 1.11 bits per heavy atom. The summed E-state index contributed by atoms with van der Waals surface area (Å²) in [6, 6.07) is 13.0. The molecule has 27 heavy (non-hydrogen) atoms. The fourth-order valence-corrected chi connectivity index (χ4v) is 3.33. The quantitative estimate of drug-likeness (QED) is 0.753. The number of anilines is 1. The van der Waals surface area contributed by atoms with Crippen molar-refractivity contribution in [2.24, 2.45) is 0 Å². The second-order valence-corrected chi connectivity index (χ2v) is 6.49. The van der Waals surface area contributed by atoms with Crippen molar-refractivity contribution in [1.82, 2.24) is 15.3 Å². The van der Waals surface area contributed by atoms with Gasteiger partial charge in [-0.05, 0) is 29.3 Å². The molecule has 0 saturated carbocycles. The van der Waals surface area contributed by atoms with Gasteiger partial charge in [0.25, 0.3) is 11.8 Å². The van der Waals surface area contributed by atoms with Crippen LogP contribution in [0.2, 0.25) is 0 Å². The Morgan fingerprint density at radius 2 is 1.89 bits per heavy atom. The van der Waals surface area contributed by atoms with Gasteiger partial charge in [-0.2, -0.15) is 0 Å². The Kier molecular flexibility index (Phi) is 4.38. The normalized spacial score (nSPS) is 15.1. The fraction of sp³-hybridized carbons (Fsp3) is 0.143.